The third-order valence-corrected chi connectivity index (χ3v) is 8.81. The third kappa shape index (κ3) is 3.14. The van der Waals surface area contributed by atoms with Crippen LogP contribution in [0.2, 0.25) is 0 Å². The van der Waals surface area contributed by atoms with Gasteiger partial charge in [0, 0.05) is 21.6 Å². The van der Waals surface area contributed by atoms with Crippen LogP contribution in [0.5, 0.6) is 0 Å². The second-order valence-electron chi connectivity index (χ2n) is 11.4. The van der Waals surface area contributed by atoms with Crippen LogP contribution in [-0.4, -0.2) is 0 Å². The van der Waals surface area contributed by atoms with Crippen molar-refractivity contribution < 1.29 is 4.42 Å². The highest BCUT2D eigenvalue weighted by atomic mass is 16.3. The van der Waals surface area contributed by atoms with E-state index >= 15 is 0 Å². The average molecular weight is 501 g/mol. The third-order valence-electron chi connectivity index (χ3n) is 8.81. The van der Waals surface area contributed by atoms with Crippen molar-refractivity contribution in [1.29, 1.82) is 0 Å². The molecule has 0 N–H and O–H groups in total. The summed E-state index contributed by atoms with van der Waals surface area (Å²) in [7, 11) is 0. The Morgan fingerprint density at radius 2 is 1.18 bits per heavy atom. The first-order valence-corrected chi connectivity index (χ1v) is 13.7. The largest absolute Gasteiger partial charge is 0.455 e. The van der Waals surface area contributed by atoms with Crippen LogP contribution in [0.15, 0.2) is 120 Å². The summed E-state index contributed by atoms with van der Waals surface area (Å²) < 4.78 is 6.43. The summed E-state index contributed by atoms with van der Waals surface area (Å²) in [4.78, 5) is 0. The molecule has 0 unspecified atom stereocenters. The van der Waals surface area contributed by atoms with Gasteiger partial charge in [-0.05, 0) is 86.6 Å². The molecule has 0 amide bonds. The van der Waals surface area contributed by atoms with Crippen LogP contribution in [0.3, 0.4) is 0 Å². The second-order valence-corrected chi connectivity index (χ2v) is 11.4. The van der Waals surface area contributed by atoms with Crippen molar-refractivity contribution in [1.82, 2.24) is 0 Å². The molecule has 0 aliphatic heterocycles. The van der Waals surface area contributed by atoms with Gasteiger partial charge in [0.2, 0.25) is 0 Å². The van der Waals surface area contributed by atoms with Gasteiger partial charge < -0.3 is 4.42 Å². The summed E-state index contributed by atoms with van der Waals surface area (Å²) in [6.45, 7) is 6.90. The Morgan fingerprint density at radius 3 is 1.95 bits per heavy atom. The van der Waals surface area contributed by atoms with Crippen molar-refractivity contribution in [2.24, 2.45) is 0 Å². The van der Waals surface area contributed by atoms with Crippen molar-refractivity contribution in [2.75, 3.05) is 0 Å². The molecule has 1 heteroatoms. The van der Waals surface area contributed by atoms with Crippen LogP contribution >= 0.6 is 0 Å². The van der Waals surface area contributed by atoms with Gasteiger partial charge in [-0.2, -0.15) is 0 Å². The number of rotatable bonds is 2. The van der Waals surface area contributed by atoms with Gasteiger partial charge in [0.15, 0.2) is 0 Å². The van der Waals surface area contributed by atoms with E-state index in [-0.39, 0.29) is 5.41 Å². The van der Waals surface area contributed by atoms with Crippen molar-refractivity contribution in [3.05, 3.63) is 132 Å². The number of hydrogen-bond donors (Lipinski definition) is 0. The standard InChI is InChI=1S/C38H28O/c1-23-10-9-15-35-36(23)32-22-31(27-13-7-8-14-30(27)37(32)39-35)26-17-19-29-28-18-16-25(24-11-5-4-6-12-24)20-33(28)38(2,3)34(29)21-26/h4-22H,1-3H3. The van der Waals surface area contributed by atoms with Crippen molar-refractivity contribution >= 4 is 32.7 Å². The van der Waals surface area contributed by atoms with Crippen molar-refractivity contribution in [2.45, 2.75) is 26.2 Å². The SMILES string of the molecule is Cc1cccc2oc3c4ccccc4c(-c4ccc5c(c4)C(C)(C)c4cc(-c6ccccc6)ccc4-5)cc3c12. The molecule has 0 fully saturated rings. The predicted molar refractivity (Wildman–Crippen MR) is 164 cm³/mol. The highest BCUT2D eigenvalue weighted by molar-refractivity contribution is 6.19. The fourth-order valence-electron chi connectivity index (χ4n) is 6.78. The lowest BCUT2D eigenvalue weighted by Gasteiger charge is -2.23. The van der Waals surface area contributed by atoms with E-state index in [1.165, 1.54) is 66.2 Å². The van der Waals surface area contributed by atoms with Gasteiger partial charge in [0.1, 0.15) is 11.2 Å². The molecular formula is C38H28O. The van der Waals surface area contributed by atoms with E-state index < -0.39 is 0 Å². The Bertz CT molecular complexity index is 2090. The van der Waals surface area contributed by atoms with E-state index in [9.17, 15) is 0 Å². The van der Waals surface area contributed by atoms with E-state index in [0.29, 0.717) is 0 Å². The lowest BCUT2D eigenvalue weighted by Crippen LogP contribution is -2.15. The minimum absolute atomic E-state index is 0.0930. The van der Waals surface area contributed by atoms with Crippen LogP contribution in [0.4, 0.5) is 0 Å². The zero-order valence-corrected chi connectivity index (χ0v) is 22.4. The monoisotopic (exact) mass is 500 g/mol. The highest BCUT2D eigenvalue weighted by Gasteiger charge is 2.36. The first kappa shape index (κ1) is 22.4. The lowest BCUT2D eigenvalue weighted by atomic mass is 9.80. The number of fused-ring (bicyclic) bond motifs is 8. The normalized spacial score (nSPS) is 13.7. The zero-order chi connectivity index (χ0) is 26.3. The molecule has 1 aliphatic rings. The fraction of sp³-hybridized carbons (Fsp3) is 0.105. The predicted octanol–water partition coefficient (Wildman–Crippen LogP) is 10.7. The van der Waals surface area contributed by atoms with Crippen LogP contribution in [-0.2, 0) is 5.41 Å². The van der Waals surface area contributed by atoms with Crippen LogP contribution < -0.4 is 0 Å². The summed E-state index contributed by atoms with van der Waals surface area (Å²) in [5.41, 5.74) is 13.6. The van der Waals surface area contributed by atoms with E-state index in [4.69, 9.17) is 4.42 Å². The number of furan rings is 1. The Kier molecular flexibility index (Phi) is 4.56. The zero-order valence-electron chi connectivity index (χ0n) is 22.4. The molecule has 0 bridgehead atoms. The van der Waals surface area contributed by atoms with Crippen LogP contribution in [0.1, 0.15) is 30.5 Å². The van der Waals surface area contributed by atoms with Gasteiger partial charge in [0.05, 0.1) is 0 Å². The smallest absolute Gasteiger partial charge is 0.143 e. The molecule has 0 saturated carbocycles. The molecule has 1 nitrogen and oxygen atoms in total. The van der Waals surface area contributed by atoms with E-state index in [1.54, 1.807) is 0 Å². The number of benzene rings is 6. The quantitative estimate of drug-likeness (QED) is 0.230. The van der Waals surface area contributed by atoms with E-state index in [2.05, 4.69) is 136 Å². The molecule has 8 rings (SSSR count). The Morgan fingerprint density at radius 1 is 0.513 bits per heavy atom. The Balaban J connectivity index is 1.35. The minimum atomic E-state index is -0.0930. The summed E-state index contributed by atoms with van der Waals surface area (Å²) in [6.07, 6.45) is 0. The topological polar surface area (TPSA) is 13.1 Å². The molecule has 0 atom stereocenters. The maximum atomic E-state index is 6.43. The summed E-state index contributed by atoms with van der Waals surface area (Å²) in [6, 6.07) is 42.1. The van der Waals surface area contributed by atoms with Gasteiger partial charge in [0.25, 0.3) is 0 Å². The summed E-state index contributed by atoms with van der Waals surface area (Å²) >= 11 is 0. The summed E-state index contributed by atoms with van der Waals surface area (Å²) in [5, 5.41) is 4.78. The fourth-order valence-corrected chi connectivity index (χ4v) is 6.78. The molecule has 0 radical (unpaired) electrons. The molecule has 186 valence electrons. The molecule has 1 heterocycles. The first-order chi connectivity index (χ1) is 19.0. The molecular weight excluding hydrogens is 472 g/mol. The van der Waals surface area contributed by atoms with Gasteiger partial charge in [-0.25, -0.2) is 0 Å². The van der Waals surface area contributed by atoms with Crippen molar-refractivity contribution in [3.8, 4) is 33.4 Å². The maximum absolute atomic E-state index is 6.43. The van der Waals surface area contributed by atoms with E-state index in [1.807, 2.05) is 0 Å². The van der Waals surface area contributed by atoms with Gasteiger partial charge in [-0.15, -0.1) is 0 Å². The molecule has 0 spiro atoms. The average Bonchev–Trinajstić information content (AvgIpc) is 3.46. The molecule has 1 aromatic heterocycles. The van der Waals surface area contributed by atoms with E-state index in [0.717, 1.165) is 16.6 Å². The van der Waals surface area contributed by atoms with Gasteiger partial charge in [-0.1, -0.05) is 105 Å². The maximum Gasteiger partial charge on any atom is 0.143 e. The Labute approximate surface area is 228 Å². The molecule has 0 saturated heterocycles. The van der Waals surface area contributed by atoms with Crippen LogP contribution in [0, 0.1) is 6.92 Å². The van der Waals surface area contributed by atoms with Gasteiger partial charge >= 0.3 is 0 Å². The first-order valence-electron chi connectivity index (χ1n) is 13.7. The molecule has 6 aromatic carbocycles. The molecule has 7 aromatic rings. The number of aryl methyl sites for hydroxylation is 1. The molecule has 1 aliphatic carbocycles. The van der Waals surface area contributed by atoms with Crippen molar-refractivity contribution in [3.63, 3.8) is 0 Å². The minimum Gasteiger partial charge on any atom is -0.455 e. The van der Waals surface area contributed by atoms with Crippen LogP contribution in [0.25, 0.3) is 66.1 Å². The summed E-state index contributed by atoms with van der Waals surface area (Å²) in [5.74, 6) is 0. The Hall–Kier alpha value is -4.62. The van der Waals surface area contributed by atoms with Gasteiger partial charge in [-0.3, -0.25) is 0 Å². The lowest BCUT2D eigenvalue weighted by molar-refractivity contribution is 0.661. The highest BCUT2D eigenvalue weighted by Crippen LogP contribution is 2.51. The number of hydrogen-bond acceptors (Lipinski definition) is 1. The molecule has 39 heavy (non-hydrogen) atoms. The second kappa shape index (κ2) is 7.94.